The minimum atomic E-state index is -4.10. The Kier molecular flexibility index (Phi) is 18.5. The number of carbonyl (C=O) groups is 3. The summed E-state index contributed by atoms with van der Waals surface area (Å²) >= 11 is 5.88. The van der Waals surface area contributed by atoms with Gasteiger partial charge in [-0.05, 0) is 63.4 Å². The molecule has 1 aromatic carbocycles. The lowest BCUT2D eigenvalue weighted by atomic mass is 10.1. The first kappa shape index (κ1) is 36.8. The number of nitrogens with two attached hydrogens (primary N) is 2. The van der Waals surface area contributed by atoms with Gasteiger partial charge in [0.05, 0.1) is 4.90 Å². The summed E-state index contributed by atoms with van der Waals surface area (Å²) < 4.78 is 27.4. The third-order valence-corrected chi connectivity index (χ3v) is 9.24. The third-order valence-electron chi connectivity index (χ3n) is 7.00. The van der Waals surface area contributed by atoms with Gasteiger partial charge in [-0.3, -0.25) is 14.4 Å². The predicted molar refractivity (Wildman–Crippen MR) is 164 cm³/mol. The van der Waals surface area contributed by atoms with Crippen molar-refractivity contribution in [2.24, 2.45) is 11.5 Å². The molecule has 0 aliphatic rings. The summed E-state index contributed by atoms with van der Waals surface area (Å²) in [6.07, 6.45) is 12.4. The monoisotopic (exact) mass is 615 g/mol. The molecule has 1 rings (SSSR count). The van der Waals surface area contributed by atoms with Gasteiger partial charge in [-0.2, -0.15) is 4.31 Å². The van der Waals surface area contributed by atoms with E-state index in [0.717, 1.165) is 23.6 Å². The fraction of sp³-hybridized carbons (Fsp3) is 0.690. The Morgan fingerprint density at radius 1 is 0.927 bits per heavy atom. The topological polar surface area (TPSA) is 165 Å². The number of nitrogens with zero attached hydrogens (tertiary/aromatic N) is 1. The van der Waals surface area contributed by atoms with Crippen molar-refractivity contribution in [2.45, 2.75) is 114 Å². The van der Waals surface area contributed by atoms with E-state index in [2.05, 4.69) is 17.6 Å². The number of primary amides is 1. The number of unbranched alkanes of at least 4 members (excludes halogenated alkanes) is 9. The molecule has 0 heterocycles. The number of hydrogen-bond donors (Lipinski definition) is 4. The van der Waals surface area contributed by atoms with Crippen LogP contribution in [0.3, 0.4) is 0 Å². The van der Waals surface area contributed by atoms with E-state index in [9.17, 15) is 22.8 Å². The average Bonchev–Trinajstić information content (AvgIpc) is 2.93. The van der Waals surface area contributed by atoms with Gasteiger partial charge in [0.15, 0.2) is 0 Å². The molecule has 0 saturated carbocycles. The smallest absolute Gasteiger partial charge is 0.243 e. The van der Waals surface area contributed by atoms with Crippen LogP contribution >= 0.6 is 11.6 Å². The fourth-order valence-corrected chi connectivity index (χ4v) is 6.17. The summed E-state index contributed by atoms with van der Waals surface area (Å²) in [6.45, 7) is 3.80. The average molecular weight is 616 g/mol. The number of hydrogen-bond acceptors (Lipinski definition) is 6. The van der Waals surface area contributed by atoms with Gasteiger partial charge < -0.3 is 22.1 Å². The van der Waals surface area contributed by atoms with Crippen LogP contribution in [0.5, 0.6) is 0 Å². The van der Waals surface area contributed by atoms with Crippen LogP contribution in [0.1, 0.15) is 97.3 Å². The van der Waals surface area contributed by atoms with Gasteiger partial charge in [0.1, 0.15) is 12.1 Å². The Labute approximate surface area is 251 Å². The van der Waals surface area contributed by atoms with E-state index >= 15 is 0 Å². The zero-order chi connectivity index (χ0) is 30.7. The number of halogens is 1. The quantitative estimate of drug-likeness (QED) is 0.137. The molecule has 2 atom stereocenters. The molecular weight excluding hydrogens is 566 g/mol. The summed E-state index contributed by atoms with van der Waals surface area (Å²) in [6, 6.07) is 3.65. The number of amides is 3. The zero-order valence-corrected chi connectivity index (χ0v) is 26.3. The van der Waals surface area contributed by atoms with Gasteiger partial charge in [0.25, 0.3) is 0 Å². The van der Waals surface area contributed by atoms with Crippen LogP contribution in [0.2, 0.25) is 5.02 Å². The lowest BCUT2D eigenvalue weighted by molar-refractivity contribution is -0.129. The lowest BCUT2D eigenvalue weighted by Gasteiger charge is -2.27. The van der Waals surface area contributed by atoms with Crippen molar-refractivity contribution in [3.05, 3.63) is 29.3 Å². The van der Waals surface area contributed by atoms with E-state index < -0.39 is 33.9 Å². The van der Waals surface area contributed by atoms with Gasteiger partial charge >= 0.3 is 0 Å². The van der Waals surface area contributed by atoms with Gasteiger partial charge in [-0.15, -0.1) is 0 Å². The number of benzene rings is 1. The number of carbonyl (C=O) groups excluding carboxylic acids is 3. The molecular formula is C29H50ClN5O5S. The Bertz CT molecular complexity index is 1020. The van der Waals surface area contributed by atoms with Crippen LogP contribution in [0.15, 0.2) is 29.2 Å². The maximum atomic E-state index is 13.2. The van der Waals surface area contributed by atoms with Gasteiger partial charge in [0.2, 0.25) is 27.7 Å². The lowest BCUT2D eigenvalue weighted by Crippen LogP contribution is -2.51. The van der Waals surface area contributed by atoms with Crippen molar-refractivity contribution < 1.29 is 22.8 Å². The van der Waals surface area contributed by atoms with E-state index in [0.29, 0.717) is 37.3 Å². The van der Waals surface area contributed by atoms with E-state index in [1.807, 2.05) is 0 Å². The van der Waals surface area contributed by atoms with Crippen molar-refractivity contribution in [1.29, 1.82) is 0 Å². The Morgan fingerprint density at radius 2 is 1.51 bits per heavy atom. The number of sulfonamides is 1. The largest absolute Gasteiger partial charge is 0.368 e. The summed E-state index contributed by atoms with van der Waals surface area (Å²) in [5.41, 5.74) is 11.0. The Balaban J connectivity index is 2.68. The molecule has 0 unspecified atom stereocenters. The second kappa shape index (κ2) is 20.6. The summed E-state index contributed by atoms with van der Waals surface area (Å²) in [5, 5.41) is 5.91. The van der Waals surface area contributed by atoms with E-state index in [-0.39, 0.29) is 23.9 Å². The van der Waals surface area contributed by atoms with Crippen LogP contribution in [-0.4, -0.2) is 62.2 Å². The molecule has 10 nitrogen and oxygen atoms in total. The van der Waals surface area contributed by atoms with E-state index in [1.165, 1.54) is 69.7 Å². The molecule has 0 radical (unpaired) electrons. The molecule has 0 fully saturated rings. The van der Waals surface area contributed by atoms with Crippen LogP contribution in [-0.2, 0) is 24.4 Å². The molecule has 3 amide bonds. The molecule has 41 heavy (non-hydrogen) atoms. The van der Waals surface area contributed by atoms with Crippen LogP contribution in [0.25, 0.3) is 0 Å². The van der Waals surface area contributed by atoms with Crippen molar-refractivity contribution in [1.82, 2.24) is 14.9 Å². The summed E-state index contributed by atoms with van der Waals surface area (Å²) in [7, 11) is -4.10. The summed E-state index contributed by atoms with van der Waals surface area (Å²) in [4.78, 5) is 37.4. The standard InChI is InChI=1S/C29H50ClN5O5S/c1-3-4-5-6-7-8-9-10-11-15-27(36)34-26(14-12-13-20-31)29(38)33-21-22-35(23(2)28(32)37)41(39,40)25-18-16-24(30)17-19-25/h16-19,23,26H,3-15,20-22,31H2,1-2H3,(H2,32,37)(H,33,38)(H,34,36)/t23-,26-/m0/s1. The first-order valence-electron chi connectivity index (χ1n) is 14.9. The highest BCUT2D eigenvalue weighted by Crippen LogP contribution is 2.20. The molecule has 0 bridgehead atoms. The first-order valence-corrected chi connectivity index (χ1v) is 16.7. The van der Waals surface area contributed by atoms with Gasteiger partial charge in [0, 0.05) is 24.5 Å². The highest BCUT2D eigenvalue weighted by atomic mass is 35.5. The Morgan fingerprint density at radius 3 is 2.07 bits per heavy atom. The first-order chi connectivity index (χ1) is 19.5. The second-order valence-electron chi connectivity index (χ2n) is 10.4. The molecule has 234 valence electrons. The minimum absolute atomic E-state index is 0.0512. The predicted octanol–water partition coefficient (Wildman–Crippen LogP) is 3.86. The highest BCUT2D eigenvalue weighted by molar-refractivity contribution is 7.89. The molecule has 0 spiro atoms. The van der Waals surface area contributed by atoms with Crippen molar-refractivity contribution in [3.8, 4) is 0 Å². The van der Waals surface area contributed by atoms with E-state index in [4.69, 9.17) is 23.1 Å². The Hall–Kier alpha value is -2.21. The fourth-order valence-electron chi connectivity index (χ4n) is 4.44. The van der Waals surface area contributed by atoms with Crippen molar-refractivity contribution in [3.63, 3.8) is 0 Å². The molecule has 6 N–H and O–H groups in total. The molecule has 0 aliphatic heterocycles. The SMILES string of the molecule is CCCCCCCCCCCC(=O)N[C@@H](CCCCN)C(=O)NCCN([C@@H](C)C(N)=O)S(=O)(=O)c1ccc(Cl)cc1. The zero-order valence-electron chi connectivity index (χ0n) is 24.7. The van der Waals surface area contributed by atoms with Crippen molar-refractivity contribution in [2.75, 3.05) is 19.6 Å². The second-order valence-corrected chi connectivity index (χ2v) is 12.7. The molecule has 0 aromatic heterocycles. The van der Waals surface area contributed by atoms with Gasteiger partial charge in [-0.1, -0.05) is 69.9 Å². The maximum Gasteiger partial charge on any atom is 0.243 e. The maximum absolute atomic E-state index is 13.2. The van der Waals surface area contributed by atoms with Crippen LogP contribution < -0.4 is 22.1 Å². The third kappa shape index (κ3) is 14.5. The number of rotatable bonds is 23. The molecule has 1 aromatic rings. The number of nitrogens with one attached hydrogen (secondary N) is 2. The van der Waals surface area contributed by atoms with Crippen LogP contribution in [0.4, 0.5) is 0 Å². The summed E-state index contributed by atoms with van der Waals surface area (Å²) in [5.74, 6) is -1.43. The molecule has 0 aliphatic carbocycles. The molecule has 0 saturated heterocycles. The molecule has 12 heteroatoms. The van der Waals surface area contributed by atoms with Crippen molar-refractivity contribution >= 4 is 39.3 Å². The van der Waals surface area contributed by atoms with Crippen LogP contribution in [0, 0.1) is 0 Å². The van der Waals surface area contributed by atoms with Gasteiger partial charge in [-0.25, -0.2) is 8.42 Å². The minimum Gasteiger partial charge on any atom is -0.368 e. The highest BCUT2D eigenvalue weighted by Gasteiger charge is 2.32. The normalized spacial score (nSPS) is 13.1. The van der Waals surface area contributed by atoms with E-state index in [1.54, 1.807) is 0 Å².